The Hall–Kier alpha value is -2.89. The van der Waals surface area contributed by atoms with Gasteiger partial charge in [-0.25, -0.2) is 0 Å². The van der Waals surface area contributed by atoms with Crippen LogP contribution >= 0.6 is 0 Å². The molecule has 6 heteroatoms. The molecule has 1 aliphatic heterocycles. The van der Waals surface area contributed by atoms with Crippen LogP contribution in [0, 0.1) is 13.8 Å². The van der Waals surface area contributed by atoms with E-state index >= 15 is 0 Å². The maximum absolute atomic E-state index is 12.9. The van der Waals surface area contributed by atoms with Gasteiger partial charge in [0.2, 0.25) is 0 Å². The predicted molar refractivity (Wildman–Crippen MR) is 109 cm³/mol. The van der Waals surface area contributed by atoms with Gasteiger partial charge in [-0.15, -0.1) is 0 Å². The van der Waals surface area contributed by atoms with Crippen LogP contribution in [0.3, 0.4) is 0 Å². The van der Waals surface area contributed by atoms with Gasteiger partial charge in [0.1, 0.15) is 5.69 Å². The number of piperazine rings is 1. The molecule has 2 fully saturated rings. The summed E-state index contributed by atoms with van der Waals surface area (Å²) in [5, 5.41) is 2.95. The first-order valence-electron chi connectivity index (χ1n) is 9.90. The molecule has 1 N–H and O–H groups in total. The smallest absolute Gasteiger partial charge is 0.272 e. The lowest BCUT2D eigenvalue weighted by Crippen LogP contribution is -2.49. The molecule has 1 saturated carbocycles. The van der Waals surface area contributed by atoms with Gasteiger partial charge in [0.05, 0.1) is 0 Å². The molecule has 0 spiro atoms. The van der Waals surface area contributed by atoms with E-state index in [1.165, 1.54) is 16.8 Å². The van der Waals surface area contributed by atoms with E-state index in [-0.39, 0.29) is 17.9 Å². The number of nitrogens with zero attached hydrogens (tertiary/aromatic N) is 3. The number of hydrogen-bond donors (Lipinski definition) is 1. The highest BCUT2D eigenvalue weighted by Gasteiger charge is 2.26. The van der Waals surface area contributed by atoms with Gasteiger partial charge in [0.15, 0.2) is 0 Å². The second-order valence-corrected chi connectivity index (χ2v) is 7.68. The van der Waals surface area contributed by atoms with Crippen LogP contribution in [-0.4, -0.2) is 53.9 Å². The lowest BCUT2D eigenvalue weighted by molar-refractivity contribution is 0.0741. The van der Waals surface area contributed by atoms with Crippen LogP contribution in [0.4, 0.5) is 5.69 Å². The number of aromatic nitrogens is 1. The first-order valence-corrected chi connectivity index (χ1v) is 9.90. The Balaban J connectivity index is 1.41. The third-order valence-electron chi connectivity index (χ3n) is 5.64. The summed E-state index contributed by atoms with van der Waals surface area (Å²) in [6.07, 6.45) is 3.61. The molecular weight excluding hydrogens is 352 g/mol. The van der Waals surface area contributed by atoms with Crippen LogP contribution in [0.25, 0.3) is 0 Å². The number of nitrogens with one attached hydrogen (secondary N) is 1. The van der Waals surface area contributed by atoms with Crippen LogP contribution in [-0.2, 0) is 0 Å². The molecule has 28 heavy (non-hydrogen) atoms. The largest absolute Gasteiger partial charge is 0.368 e. The van der Waals surface area contributed by atoms with Crippen molar-refractivity contribution in [3.8, 4) is 0 Å². The van der Waals surface area contributed by atoms with Crippen molar-refractivity contribution in [3.05, 3.63) is 58.9 Å². The predicted octanol–water partition coefficient (Wildman–Crippen LogP) is 2.55. The van der Waals surface area contributed by atoms with Crippen molar-refractivity contribution in [3.63, 3.8) is 0 Å². The fourth-order valence-electron chi connectivity index (χ4n) is 3.58. The number of aryl methyl sites for hydroxylation is 1. The monoisotopic (exact) mass is 378 g/mol. The number of pyridine rings is 1. The third kappa shape index (κ3) is 3.86. The molecule has 0 bridgehead atoms. The number of amides is 2. The van der Waals surface area contributed by atoms with E-state index in [0.717, 1.165) is 25.9 Å². The van der Waals surface area contributed by atoms with Crippen molar-refractivity contribution in [2.45, 2.75) is 32.7 Å². The molecule has 4 rings (SSSR count). The van der Waals surface area contributed by atoms with Gasteiger partial charge in [-0.2, -0.15) is 0 Å². The molecule has 1 saturated heterocycles. The van der Waals surface area contributed by atoms with Crippen LogP contribution in [0.5, 0.6) is 0 Å². The van der Waals surface area contributed by atoms with Crippen molar-refractivity contribution in [1.82, 2.24) is 15.2 Å². The van der Waals surface area contributed by atoms with E-state index in [2.05, 4.69) is 47.2 Å². The quantitative estimate of drug-likeness (QED) is 0.888. The van der Waals surface area contributed by atoms with E-state index in [0.29, 0.717) is 24.3 Å². The van der Waals surface area contributed by atoms with E-state index in [4.69, 9.17) is 0 Å². The van der Waals surface area contributed by atoms with E-state index in [1.54, 1.807) is 18.3 Å². The molecule has 146 valence electrons. The lowest BCUT2D eigenvalue weighted by atomic mass is 10.1. The zero-order valence-electron chi connectivity index (χ0n) is 16.4. The van der Waals surface area contributed by atoms with Crippen molar-refractivity contribution in [2.24, 2.45) is 0 Å². The van der Waals surface area contributed by atoms with Crippen molar-refractivity contribution < 1.29 is 9.59 Å². The van der Waals surface area contributed by atoms with Gasteiger partial charge in [-0.3, -0.25) is 14.6 Å². The zero-order valence-corrected chi connectivity index (χ0v) is 16.4. The Labute approximate surface area is 165 Å². The molecule has 2 aliphatic rings. The number of hydrogen-bond acceptors (Lipinski definition) is 4. The molecule has 0 unspecified atom stereocenters. The van der Waals surface area contributed by atoms with Gasteiger partial charge in [0, 0.05) is 49.7 Å². The van der Waals surface area contributed by atoms with Crippen LogP contribution < -0.4 is 10.2 Å². The number of carbonyl (C=O) groups excluding carboxylic acids is 2. The molecule has 2 heterocycles. The van der Waals surface area contributed by atoms with Gasteiger partial charge in [0.25, 0.3) is 11.8 Å². The normalized spacial score (nSPS) is 16.8. The highest BCUT2D eigenvalue weighted by atomic mass is 16.2. The molecule has 2 amide bonds. The minimum absolute atomic E-state index is 0.110. The average molecular weight is 378 g/mol. The zero-order chi connectivity index (χ0) is 19.7. The fourth-order valence-corrected chi connectivity index (χ4v) is 3.58. The molecule has 2 aromatic rings. The Morgan fingerprint density at radius 1 is 1.07 bits per heavy atom. The van der Waals surface area contributed by atoms with Crippen molar-refractivity contribution in [2.75, 3.05) is 31.1 Å². The second kappa shape index (κ2) is 7.62. The van der Waals surface area contributed by atoms with Crippen molar-refractivity contribution >= 4 is 17.5 Å². The lowest BCUT2D eigenvalue weighted by Gasteiger charge is -2.37. The summed E-state index contributed by atoms with van der Waals surface area (Å²) in [4.78, 5) is 33.5. The average Bonchev–Trinajstić information content (AvgIpc) is 3.54. The van der Waals surface area contributed by atoms with Gasteiger partial charge in [-0.1, -0.05) is 12.1 Å². The third-order valence-corrected chi connectivity index (χ3v) is 5.64. The van der Waals surface area contributed by atoms with Gasteiger partial charge >= 0.3 is 0 Å². The summed E-state index contributed by atoms with van der Waals surface area (Å²) in [5.41, 5.74) is 4.65. The Bertz CT molecular complexity index is 899. The summed E-state index contributed by atoms with van der Waals surface area (Å²) in [6, 6.07) is 9.90. The number of anilines is 1. The van der Waals surface area contributed by atoms with Crippen molar-refractivity contribution in [1.29, 1.82) is 0 Å². The van der Waals surface area contributed by atoms with E-state index in [1.807, 2.05) is 4.90 Å². The molecule has 1 aromatic heterocycles. The molecular formula is C22H26N4O2. The van der Waals surface area contributed by atoms with E-state index < -0.39 is 0 Å². The summed E-state index contributed by atoms with van der Waals surface area (Å²) in [6.45, 7) is 7.13. The Kier molecular flexibility index (Phi) is 5.03. The number of rotatable bonds is 4. The summed E-state index contributed by atoms with van der Waals surface area (Å²) >= 11 is 0. The summed E-state index contributed by atoms with van der Waals surface area (Å²) in [7, 11) is 0. The molecule has 6 nitrogen and oxygen atoms in total. The highest BCUT2D eigenvalue weighted by Crippen LogP contribution is 2.24. The molecule has 0 atom stereocenters. The number of benzene rings is 1. The first-order chi connectivity index (χ1) is 13.5. The first kappa shape index (κ1) is 18.5. The highest BCUT2D eigenvalue weighted by molar-refractivity contribution is 5.98. The Morgan fingerprint density at radius 2 is 1.82 bits per heavy atom. The van der Waals surface area contributed by atoms with Crippen LogP contribution in [0.1, 0.15) is 44.8 Å². The van der Waals surface area contributed by atoms with Crippen LogP contribution in [0.15, 0.2) is 36.5 Å². The molecule has 1 aliphatic carbocycles. The van der Waals surface area contributed by atoms with Gasteiger partial charge < -0.3 is 15.1 Å². The Morgan fingerprint density at radius 3 is 2.54 bits per heavy atom. The minimum atomic E-state index is -0.126. The molecule has 0 radical (unpaired) electrons. The number of carbonyl (C=O) groups is 2. The SMILES string of the molecule is Cc1cccc(N2CCN(C(=O)c3cc(C(=O)NC4CC4)ccn3)CC2)c1C. The standard InChI is InChI=1S/C22H26N4O2/c1-15-4-3-5-20(16(15)2)25-10-12-26(13-11-25)22(28)19-14-17(8-9-23-19)21(27)24-18-6-7-18/h3-5,8-9,14,18H,6-7,10-13H2,1-2H3,(H,24,27). The molecule has 1 aromatic carbocycles. The maximum atomic E-state index is 12.9. The van der Waals surface area contributed by atoms with Crippen LogP contribution in [0.2, 0.25) is 0 Å². The summed E-state index contributed by atoms with van der Waals surface area (Å²) in [5.74, 6) is -0.236. The summed E-state index contributed by atoms with van der Waals surface area (Å²) < 4.78 is 0. The minimum Gasteiger partial charge on any atom is -0.368 e. The van der Waals surface area contributed by atoms with Gasteiger partial charge in [-0.05, 0) is 56.0 Å². The fraction of sp³-hybridized carbons (Fsp3) is 0.409. The maximum Gasteiger partial charge on any atom is 0.272 e. The topological polar surface area (TPSA) is 65.5 Å². The van der Waals surface area contributed by atoms with E-state index in [9.17, 15) is 9.59 Å². The second-order valence-electron chi connectivity index (χ2n) is 7.68.